The zero-order chi connectivity index (χ0) is 27.5. The number of aliphatic hydroxyl groups is 1. The van der Waals surface area contributed by atoms with Gasteiger partial charge in [0.05, 0.1) is 42.4 Å². The summed E-state index contributed by atoms with van der Waals surface area (Å²) >= 11 is 0. The Morgan fingerprint density at radius 3 is 2.75 bits per heavy atom. The van der Waals surface area contributed by atoms with E-state index in [1.54, 1.807) is 12.3 Å². The van der Waals surface area contributed by atoms with Crippen LogP contribution in [0.15, 0.2) is 47.3 Å². The zero-order valence-corrected chi connectivity index (χ0v) is 22.8. The summed E-state index contributed by atoms with van der Waals surface area (Å²) in [7, 11) is 0. The third-order valence-electron chi connectivity index (χ3n) is 7.64. The van der Waals surface area contributed by atoms with Crippen LogP contribution in [0.1, 0.15) is 35.4 Å². The molecule has 3 aromatic heterocycles. The van der Waals surface area contributed by atoms with Gasteiger partial charge >= 0.3 is 0 Å². The SMILES string of the molecule is Cc1cc(-c2nc(C(=O)Nc3cc4cnn(CCCN5CCOCC5)c4cc3N3CCC(O)CC3)co2)ccn1. The molecule has 5 heterocycles. The highest BCUT2D eigenvalue weighted by Gasteiger charge is 2.23. The minimum atomic E-state index is -0.351. The van der Waals surface area contributed by atoms with E-state index in [-0.39, 0.29) is 17.7 Å². The van der Waals surface area contributed by atoms with Crippen molar-refractivity contribution in [1.29, 1.82) is 0 Å². The highest BCUT2D eigenvalue weighted by atomic mass is 16.5. The van der Waals surface area contributed by atoms with Gasteiger partial charge in [-0.15, -0.1) is 0 Å². The number of aromatic nitrogens is 4. The number of aryl methyl sites for hydroxylation is 2. The number of hydrogen-bond acceptors (Lipinski definition) is 9. The van der Waals surface area contributed by atoms with E-state index in [2.05, 4.69) is 36.2 Å². The fourth-order valence-corrected chi connectivity index (χ4v) is 5.41. The molecule has 11 nitrogen and oxygen atoms in total. The van der Waals surface area contributed by atoms with Crippen molar-refractivity contribution >= 4 is 28.2 Å². The molecule has 0 unspecified atom stereocenters. The first-order valence-corrected chi connectivity index (χ1v) is 14.0. The standard InChI is InChI=1S/C29H35N7O4/c1-20-15-21(3-6-30-20)29-33-25(19-40-29)28(38)32-24-16-22-18-31-36(8-2-7-34-11-13-39-14-12-34)26(22)17-27(24)35-9-4-23(37)5-10-35/h3,6,15-19,23,37H,2,4-5,7-14H2,1H3,(H,32,38). The Kier molecular flexibility index (Phi) is 7.76. The molecule has 0 spiro atoms. The van der Waals surface area contributed by atoms with E-state index in [1.807, 2.05) is 29.9 Å². The van der Waals surface area contributed by atoms with Crippen molar-refractivity contribution in [1.82, 2.24) is 24.6 Å². The summed E-state index contributed by atoms with van der Waals surface area (Å²) < 4.78 is 13.1. The summed E-state index contributed by atoms with van der Waals surface area (Å²) in [5, 5.41) is 18.8. The molecule has 0 aliphatic carbocycles. The molecule has 2 saturated heterocycles. The first kappa shape index (κ1) is 26.4. The molecule has 210 valence electrons. The van der Waals surface area contributed by atoms with Crippen LogP contribution in [-0.2, 0) is 11.3 Å². The third kappa shape index (κ3) is 5.86. The second-order valence-corrected chi connectivity index (χ2v) is 10.5. The van der Waals surface area contributed by atoms with Gasteiger partial charge in [-0.05, 0) is 50.5 Å². The number of amides is 1. The number of pyridine rings is 1. The van der Waals surface area contributed by atoms with E-state index < -0.39 is 0 Å². The number of carbonyl (C=O) groups is 1. The summed E-state index contributed by atoms with van der Waals surface area (Å²) in [6, 6.07) is 7.75. The lowest BCUT2D eigenvalue weighted by Gasteiger charge is -2.33. The van der Waals surface area contributed by atoms with E-state index in [1.165, 1.54) is 6.26 Å². The number of anilines is 2. The van der Waals surface area contributed by atoms with Gasteiger partial charge < -0.3 is 24.5 Å². The molecule has 2 aliphatic rings. The lowest BCUT2D eigenvalue weighted by atomic mass is 10.1. The van der Waals surface area contributed by atoms with Crippen LogP contribution in [0, 0.1) is 6.92 Å². The molecule has 2 N–H and O–H groups in total. The smallest absolute Gasteiger partial charge is 0.277 e. The molecule has 40 heavy (non-hydrogen) atoms. The Morgan fingerprint density at radius 1 is 1.12 bits per heavy atom. The highest BCUT2D eigenvalue weighted by molar-refractivity contribution is 6.06. The van der Waals surface area contributed by atoms with E-state index >= 15 is 0 Å². The van der Waals surface area contributed by atoms with Crippen molar-refractivity contribution in [3.63, 3.8) is 0 Å². The van der Waals surface area contributed by atoms with Gasteiger partial charge in [-0.2, -0.15) is 5.10 Å². The highest BCUT2D eigenvalue weighted by Crippen LogP contribution is 2.34. The molecule has 0 radical (unpaired) electrons. The number of rotatable bonds is 8. The van der Waals surface area contributed by atoms with Gasteiger partial charge in [-0.1, -0.05) is 0 Å². The zero-order valence-electron chi connectivity index (χ0n) is 22.8. The summed E-state index contributed by atoms with van der Waals surface area (Å²) in [6.07, 6.45) is 6.98. The van der Waals surface area contributed by atoms with Crippen LogP contribution in [0.25, 0.3) is 22.4 Å². The van der Waals surface area contributed by atoms with Gasteiger partial charge in [0.1, 0.15) is 6.26 Å². The van der Waals surface area contributed by atoms with E-state index in [4.69, 9.17) is 9.15 Å². The first-order chi connectivity index (χ1) is 19.5. The second kappa shape index (κ2) is 11.7. The summed E-state index contributed by atoms with van der Waals surface area (Å²) in [6.45, 7) is 8.66. The van der Waals surface area contributed by atoms with E-state index in [9.17, 15) is 9.90 Å². The van der Waals surface area contributed by atoms with Crippen LogP contribution in [0.5, 0.6) is 0 Å². The number of piperidine rings is 1. The van der Waals surface area contributed by atoms with Crippen LogP contribution in [-0.4, -0.2) is 87.7 Å². The Hall–Kier alpha value is -3.80. The van der Waals surface area contributed by atoms with Gasteiger partial charge in [0.2, 0.25) is 5.89 Å². The minimum Gasteiger partial charge on any atom is -0.444 e. The van der Waals surface area contributed by atoms with Gasteiger partial charge in [-0.3, -0.25) is 19.4 Å². The fraction of sp³-hybridized carbons (Fsp3) is 0.448. The molecule has 2 fully saturated rings. The number of hydrogen-bond donors (Lipinski definition) is 2. The monoisotopic (exact) mass is 545 g/mol. The Bertz CT molecular complexity index is 1470. The Labute approximate surface area is 232 Å². The number of carbonyl (C=O) groups excluding carboxylic acids is 1. The Balaban J connectivity index is 1.24. The summed E-state index contributed by atoms with van der Waals surface area (Å²) in [5.41, 5.74) is 4.43. The van der Waals surface area contributed by atoms with Gasteiger partial charge in [0.25, 0.3) is 5.91 Å². The lowest BCUT2D eigenvalue weighted by Crippen LogP contribution is -2.37. The minimum absolute atomic E-state index is 0.198. The molecule has 0 saturated carbocycles. The van der Waals surface area contributed by atoms with E-state index in [0.29, 0.717) is 37.5 Å². The number of ether oxygens (including phenoxy) is 1. The number of fused-ring (bicyclic) bond motifs is 1. The molecule has 11 heteroatoms. The van der Waals surface area contributed by atoms with E-state index in [0.717, 1.165) is 73.7 Å². The van der Waals surface area contributed by atoms with Crippen LogP contribution >= 0.6 is 0 Å². The molecular weight excluding hydrogens is 510 g/mol. The van der Waals surface area contributed by atoms with Gasteiger partial charge in [0.15, 0.2) is 5.69 Å². The lowest BCUT2D eigenvalue weighted by molar-refractivity contribution is 0.0368. The number of nitrogens with zero attached hydrogens (tertiary/aromatic N) is 6. The number of aliphatic hydroxyl groups excluding tert-OH is 1. The molecule has 6 rings (SSSR count). The molecule has 2 aliphatic heterocycles. The van der Waals surface area contributed by atoms with Crippen LogP contribution < -0.4 is 10.2 Å². The van der Waals surface area contributed by atoms with Crippen molar-refractivity contribution in [2.24, 2.45) is 0 Å². The van der Waals surface area contributed by atoms with Crippen LogP contribution in [0.3, 0.4) is 0 Å². The number of morpholine rings is 1. The number of nitrogens with one attached hydrogen (secondary N) is 1. The predicted octanol–water partition coefficient (Wildman–Crippen LogP) is 3.33. The molecular formula is C29H35N7O4. The molecule has 4 aromatic rings. The fourth-order valence-electron chi connectivity index (χ4n) is 5.41. The van der Waals surface area contributed by atoms with Crippen molar-refractivity contribution in [3.8, 4) is 11.5 Å². The summed E-state index contributed by atoms with van der Waals surface area (Å²) in [4.78, 5) is 26.6. The number of benzene rings is 1. The molecule has 1 aromatic carbocycles. The summed E-state index contributed by atoms with van der Waals surface area (Å²) in [5.74, 6) is 0.0195. The molecule has 1 amide bonds. The van der Waals surface area contributed by atoms with Crippen molar-refractivity contribution in [2.45, 2.75) is 38.8 Å². The maximum atomic E-state index is 13.3. The first-order valence-electron chi connectivity index (χ1n) is 14.0. The largest absolute Gasteiger partial charge is 0.444 e. The second-order valence-electron chi connectivity index (χ2n) is 10.5. The Morgan fingerprint density at radius 2 is 1.95 bits per heavy atom. The molecule has 0 bridgehead atoms. The van der Waals surface area contributed by atoms with Crippen molar-refractivity contribution in [2.75, 3.05) is 56.2 Å². The van der Waals surface area contributed by atoms with Gasteiger partial charge in [0, 0.05) is 62.1 Å². The average Bonchev–Trinajstić information content (AvgIpc) is 3.62. The normalized spacial score (nSPS) is 17.0. The predicted molar refractivity (Wildman–Crippen MR) is 151 cm³/mol. The maximum absolute atomic E-state index is 13.3. The van der Waals surface area contributed by atoms with Gasteiger partial charge in [-0.25, -0.2) is 4.98 Å². The number of oxazole rings is 1. The van der Waals surface area contributed by atoms with Crippen LogP contribution in [0.4, 0.5) is 11.4 Å². The van der Waals surface area contributed by atoms with Crippen molar-refractivity contribution in [3.05, 3.63) is 54.3 Å². The average molecular weight is 546 g/mol. The van der Waals surface area contributed by atoms with Crippen molar-refractivity contribution < 1.29 is 19.1 Å². The quantitative estimate of drug-likeness (QED) is 0.343. The maximum Gasteiger partial charge on any atom is 0.277 e. The molecule has 0 atom stereocenters. The third-order valence-corrected chi connectivity index (χ3v) is 7.64. The van der Waals surface area contributed by atoms with Crippen LogP contribution in [0.2, 0.25) is 0 Å². The topological polar surface area (TPSA) is 122 Å².